The number of hydrogen-bond acceptors (Lipinski definition) is 6. The van der Waals surface area contributed by atoms with Gasteiger partial charge in [0.1, 0.15) is 0 Å². The van der Waals surface area contributed by atoms with Crippen LogP contribution in [0.2, 0.25) is 0 Å². The molecule has 0 unspecified atom stereocenters. The van der Waals surface area contributed by atoms with Crippen LogP contribution in [0.5, 0.6) is 11.5 Å². The van der Waals surface area contributed by atoms with Crippen LogP contribution in [0.3, 0.4) is 0 Å². The van der Waals surface area contributed by atoms with Crippen molar-refractivity contribution in [2.75, 3.05) is 6.79 Å². The van der Waals surface area contributed by atoms with Crippen molar-refractivity contribution in [1.29, 1.82) is 0 Å². The van der Waals surface area contributed by atoms with E-state index in [0.29, 0.717) is 30.8 Å². The monoisotopic (exact) mass is 399 g/mol. The van der Waals surface area contributed by atoms with E-state index in [9.17, 15) is 9.59 Å². The molecule has 2 rings (SSSR count). The third-order valence-electron chi connectivity index (χ3n) is 3.32. The summed E-state index contributed by atoms with van der Waals surface area (Å²) in [6.45, 7) is 0.194. The summed E-state index contributed by atoms with van der Waals surface area (Å²) in [6, 6.07) is 3.56. The lowest BCUT2D eigenvalue weighted by atomic mass is 10.1. The molecule has 8 nitrogen and oxygen atoms in total. The zero-order valence-electron chi connectivity index (χ0n) is 12.9. The Kier molecular flexibility index (Phi) is 7.01. The van der Waals surface area contributed by atoms with E-state index in [-0.39, 0.29) is 19.1 Å². The number of hydrazone groups is 1. The average Bonchev–Trinajstić information content (AvgIpc) is 3.01. The fraction of sp³-hybridized carbons (Fsp3) is 0.400. The second kappa shape index (κ2) is 9.24. The van der Waals surface area contributed by atoms with Crippen LogP contribution in [-0.2, 0) is 9.59 Å². The van der Waals surface area contributed by atoms with Gasteiger partial charge in [0.25, 0.3) is 0 Å². The molecule has 3 N–H and O–H groups in total. The number of carbonyl (C=O) groups is 2. The number of nitrogens with zero attached hydrogens (tertiary/aromatic N) is 1. The lowest BCUT2D eigenvalue weighted by Gasteiger charge is -2.02. The number of carbonyl (C=O) groups excluding carboxylic acids is 2. The van der Waals surface area contributed by atoms with Gasteiger partial charge in [-0.2, -0.15) is 5.10 Å². The molecule has 2 amide bonds. The first-order valence-corrected chi connectivity index (χ1v) is 8.23. The third kappa shape index (κ3) is 5.50. The predicted molar refractivity (Wildman–Crippen MR) is 89.0 cm³/mol. The van der Waals surface area contributed by atoms with E-state index in [4.69, 9.17) is 14.7 Å². The summed E-state index contributed by atoms with van der Waals surface area (Å²) < 4.78 is 11.3. The molecule has 9 heteroatoms. The number of rotatable bonds is 8. The standard InChI is InChI=1S/C15H18BrN3O5/c16-11-7-13-12(23-9-24-13)6-10(11)8-17-18-14(20)4-2-1-3-5-15(21)19-22/h6-8,22H,1-5,9H2,(H,18,20)(H,19,21)/b17-8+. The first kappa shape index (κ1) is 18.2. The fourth-order valence-electron chi connectivity index (χ4n) is 2.07. The summed E-state index contributed by atoms with van der Waals surface area (Å²) in [7, 11) is 0. The molecular weight excluding hydrogens is 382 g/mol. The van der Waals surface area contributed by atoms with Crippen molar-refractivity contribution in [3.8, 4) is 11.5 Å². The Hall–Kier alpha value is -2.13. The average molecular weight is 400 g/mol. The van der Waals surface area contributed by atoms with E-state index in [1.165, 1.54) is 6.21 Å². The SMILES string of the molecule is O=C(CCCCCC(=O)N/N=C/c1cc2c(cc1Br)OCO2)NO. The minimum atomic E-state index is -0.418. The Balaban J connectivity index is 1.70. The van der Waals surface area contributed by atoms with Crippen molar-refractivity contribution in [2.45, 2.75) is 32.1 Å². The molecule has 1 aliphatic heterocycles. The fourth-order valence-corrected chi connectivity index (χ4v) is 2.49. The van der Waals surface area contributed by atoms with Gasteiger partial charge >= 0.3 is 0 Å². The van der Waals surface area contributed by atoms with Crippen LogP contribution >= 0.6 is 15.9 Å². The molecule has 0 aliphatic carbocycles. The molecule has 1 aromatic carbocycles. The molecular formula is C15H18BrN3O5. The van der Waals surface area contributed by atoms with E-state index in [1.807, 2.05) is 0 Å². The minimum Gasteiger partial charge on any atom is -0.454 e. The summed E-state index contributed by atoms with van der Waals surface area (Å²) in [6.07, 6.45) is 4.07. The molecule has 1 aliphatic rings. The number of unbranched alkanes of at least 4 members (excludes halogenated alkanes) is 2. The van der Waals surface area contributed by atoms with E-state index in [1.54, 1.807) is 17.6 Å². The van der Waals surface area contributed by atoms with Gasteiger partial charge < -0.3 is 9.47 Å². The highest BCUT2D eigenvalue weighted by atomic mass is 79.9. The molecule has 130 valence electrons. The number of fused-ring (bicyclic) bond motifs is 1. The van der Waals surface area contributed by atoms with Crippen molar-refractivity contribution in [2.24, 2.45) is 5.10 Å². The number of nitrogens with one attached hydrogen (secondary N) is 2. The molecule has 0 atom stereocenters. The Morgan fingerprint density at radius 2 is 1.83 bits per heavy atom. The molecule has 24 heavy (non-hydrogen) atoms. The molecule has 0 fully saturated rings. The quantitative estimate of drug-likeness (QED) is 0.268. The summed E-state index contributed by atoms with van der Waals surface area (Å²) in [5, 5.41) is 12.3. The zero-order chi connectivity index (χ0) is 17.4. The maximum absolute atomic E-state index is 11.7. The van der Waals surface area contributed by atoms with Gasteiger partial charge in [-0.15, -0.1) is 0 Å². The number of hydrogen-bond donors (Lipinski definition) is 3. The Morgan fingerprint density at radius 1 is 1.17 bits per heavy atom. The number of hydroxylamine groups is 1. The Bertz CT molecular complexity index is 636. The third-order valence-corrected chi connectivity index (χ3v) is 4.00. The minimum absolute atomic E-state index is 0.194. The Labute approximate surface area is 147 Å². The van der Waals surface area contributed by atoms with Gasteiger partial charge in [-0.25, -0.2) is 10.9 Å². The van der Waals surface area contributed by atoms with Crippen LogP contribution in [0.4, 0.5) is 0 Å². The van der Waals surface area contributed by atoms with Crippen LogP contribution in [-0.4, -0.2) is 30.0 Å². The van der Waals surface area contributed by atoms with Gasteiger partial charge in [0.05, 0.1) is 6.21 Å². The Morgan fingerprint density at radius 3 is 2.54 bits per heavy atom. The maximum atomic E-state index is 11.7. The van der Waals surface area contributed by atoms with Gasteiger partial charge in [0.2, 0.25) is 18.6 Å². The molecule has 0 radical (unpaired) electrons. The van der Waals surface area contributed by atoms with Crippen LogP contribution in [0.15, 0.2) is 21.7 Å². The maximum Gasteiger partial charge on any atom is 0.243 e. The number of amides is 2. The van der Waals surface area contributed by atoms with E-state index in [0.717, 1.165) is 16.5 Å². The smallest absolute Gasteiger partial charge is 0.243 e. The van der Waals surface area contributed by atoms with Crippen molar-refractivity contribution >= 4 is 34.0 Å². The summed E-state index contributed by atoms with van der Waals surface area (Å²) in [5.74, 6) is 0.684. The number of ether oxygens (including phenoxy) is 2. The van der Waals surface area contributed by atoms with E-state index >= 15 is 0 Å². The molecule has 1 aromatic rings. The van der Waals surface area contributed by atoms with Crippen LogP contribution in [0.1, 0.15) is 37.7 Å². The van der Waals surface area contributed by atoms with Crippen molar-refractivity contribution in [3.05, 3.63) is 22.2 Å². The highest BCUT2D eigenvalue weighted by Crippen LogP contribution is 2.36. The number of benzene rings is 1. The highest BCUT2D eigenvalue weighted by Gasteiger charge is 2.15. The first-order valence-electron chi connectivity index (χ1n) is 7.44. The van der Waals surface area contributed by atoms with Gasteiger partial charge in [0.15, 0.2) is 11.5 Å². The van der Waals surface area contributed by atoms with Crippen LogP contribution in [0, 0.1) is 0 Å². The zero-order valence-corrected chi connectivity index (χ0v) is 14.5. The second-order valence-corrected chi connectivity index (χ2v) is 5.97. The molecule has 0 saturated heterocycles. The predicted octanol–water partition coefficient (Wildman–Crippen LogP) is 2.08. The van der Waals surface area contributed by atoms with E-state index in [2.05, 4.69) is 26.5 Å². The van der Waals surface area contributed by atoms with Gasteiger partial charge in [0, 0.05) is 22.9 Å². The molecule has 0 spiro atoms. The number of halogens is 1. The largest absolute Gasteiger partial charge is 0.454 e. The van der Waals surface area contributed by atoms with Gasteiger partial charge in [-0.1, -0.05) is 6.42 Å². The molecule has 0 aromatic heterocycles. The van der Waals surface area contributed by atoms with E-state index < -0.39 is 5.91 Å². The van der Waals surface area contributed by atoms with Gasteiger partial charge in [-0.05, 0) is 40.9 Å². The molecule has 0 bridgehead atoms. The lowest BCUT2D eigenvalue weighted by Crippen LogP contribution is -2.18. The highest BCUT2D eigenvalue weighted by molar-refractivity contribution is 9.10. The molecule has 1 heterocycles. The van der Waals surface area contributed by atoms with Crippen LogP contribution in [0.25, 0.3) is 0 Å². The summed E-state index contributed by atoms with van der Waals surface area (Å²) >= 11 is 3.40. The van der Waals surface area contributed by atoms with Crippen molar-refractivity contribution in [1.82, 2.24) is 10.9 Å². The van der Waals surface area contributed by atoms with Crippen molar-refractivity contribution in [3.63, 3.8) is 0 Å². The first-order chi connectivity index (χ1) is 11.6. The van der Waals surface area contributed by atoms with Crippen LogP contribution < -0.4 is 20.4 Å². The summed E-state index contributed by atoms with van der Waals surface area (Å²) in [4.78, 5) is 22.5. The lowest BCUT2D eigenvalue weighted by molar-refractivity contribution is -0.129. The summed E-state index contributed by atoms with van der Waals surface area (Å²) in [5.41, 5.74) is 4.78. The second-order valence-electron chi connectivity index (χ2n) is 5.12. The van der Waals surface area contributed by atoms with Crippen molar-refractivity contribution < 1.29 is 24.3 Å². The normalized spacial score (nSPS) is 12.4. The van der Waals surface area contributed by atoms with Gasteiger partial charge in [-0.3, -0.25) is 14.8 Å². The topological polar surface area (TPSA) is 109 Å². The molecule has 0 saturated carbocycles.